The minimum absolute atomic E-state index is 0.486. The summed E-state index contributed by atoms with van der Waals surface area (Å²) in [5.74, 6) is 0.797. The molecular weight excluding hydrogens is 262 g/mol. The molecular formula is C18H25NS. The average molecular weight is 287 g/mol. The Hall–Kier alpha value is -0.860. The van der Waals surface area contributed by atoms with Gasteiger partial charge >= 0.3 is 0 Å². The van der Waals surface area contributed by atoms with Crippen LogP contribution in [0.3, 0.4) is 0 Å². The summed E-state index contributed by atoms with van der Waals surface area (Å²) >= 11 is 1.88. The first-order chi connectivity index (χ1) is 9.62. The second-order valence-electron chi connectivity index (χ2n) is 6.84. The van der Waals surface area contributed by atoms with Crippen LogP contribution in [0.15, 0.2) is 29.6 Å². The molecule has 1 fully saturated rings. The fraction of sp³-hybridized carbons (Fsp3) is 0.556. The van der Waals surface area contributed by atoms with Crippen molar-refractivity contribution in [3.8, 4) is 0 Å². The maximum atomic E-state index is 3.61. The number of rotatable bonds is 4. The molecule has 1 aromatic carbocycles. The summed E-state index contributed by atoms with van der Waals surface area (Å²) in [5.41, 5.74) is 2.01. The lowest BCUT2D eigenvalue weighted by Gasteiger charge is -2.34. The third-order valence-corrected chi connectivity index (χ3v) is 6.21. The zero-order chi connectivity index (χ0) is 14.2. The van der Waals surface area contributed by atoms with Crippen LogP contribution in [0.25, 0.3) is 10.1 Å². The van der Waals surface area contributed by atoms with Crippen LogP contribution in [0, 0.1) is 11.3 Å². The predicted molar refractivity (Wildman–Crippen MR) is 89.5 cm³/mol. The molecule has 2 heteroatoms. The van der Waals surface area contributed by atoms with E-state index in [0.29, 0.717) is 11.5 Å². The fourth-order valence-corrected chi connectivity index (χ4v) is 4.95. The average Bonchev–Trinajstić information content (AvgIpc) is 2.99. The quantitative estimate of drug-likeness (QED) is 0.847. The standard InChI is InChI=1S/C18H25NS/c1-18(2)10-6-8-15(18)16(19-3)11-13-12-20-17-9-5-4-7-14(13)17/h4-5,7,9,12,15-16,19H,6,8,10-11H2,1-3H3. The molecule has 0 amide bonds. The fourth-order valence-electron chi connectivity index (χ4n) is 3.97. The molecule has 1 nitrogen and oxygen atoms in total. The number of likely N-dealkylation sites (N-methyl/N-ethyl adjacent to an activating group) is 1. The van der Waals surface area contributed by atoms with Crippen LogP contribution < -0.4 is 5.32 Å². The maximum absolute atomic E-state index is 3.61. The summed E-state index contributed by atoms with van der Waals surface area (Å²) in [6.07, 6.45) is 5.30. The molecule has 0 aliphatic heterocycles. The number of nitrogens with one attached hydrogen (secondary N) is 1. The monoisotopic (exact) mass is 287 g/mol. The van der Waals surface area contributed by atoms with Gasteiger partial charge < -0.3 is 5.32 Å². The molecule has 0 bridgehead atoms. The Kier molecular flexibility index (Phi) is 3.87. The Balaban J connectivity index is 1.85. The molecule has 1 aliphatic carbocycles. The van der Waals surface area contributed by atoms with Gasteiger partial charge in [0.2, 0.25) is 0 Å². The van der Waals surface area contributed by atoms with E-state index in [0.717, 1.165) is 12.3 Å². The van der Waals surface area contributed by atoms with Gasteiger partial charge in [-0.2, -0.15) is 0 Å². The lowest BCUT2D eigenvalue weighted by atomic mass is 9.76. The minimum Gasteiger partial charge on any atom is -0.316 e. The van der Waals surface area contributed by atoms with Gasteiger partial charge in [0.1, 0.15) is 0 Å². The van der Waals surface area contributed by atoms with Crippen LogP contribution >= 0.6 is 11.3 Å². The predicted octanol–water partition coefficient (Wildman–Crippen LogP) is 4.86. The summed E-state index contributed by atoms with van der Waals surface area (Å²) in [7, 11) is 2.13. The third kappa shape index (κ3) is 2.51. The molecule has 108 valence electrons. The maximum Gasteiger partial charge on any atom is 0.0345 e. The van der Waals surface area contributed by atoms with Gasteiger partial charge in [0.25, 0.3) is 0 Å². The molecule has 1 saturated carbocycles. The molecule has 1 aliphatic rings. The number of hydrogen-bond acceptors (Lipinski definition) is 2. The Morgan fingerprint density at radius 3 is 2.85 bits per heavy atom. The second kappa shape index (κ2) is 5.50. The van der Waals surface area contributed by atoms with Crippen LogP contribution in [-0.4, -0.2) is 13.1 Å². The van der Waals surface area contributed by atoms with Gasteiger partial charge in [-0.25, -0.2) is 0 Å². The highest BCUT2D eigenvalue weighted by Gasteiger charge is 2.38. The van der Waals surface area contributed by atoms with Crippen molar-refractivity contribution in [2.45, 2.75) is 45.6 Å². The van der Waals surface area contributed by atoms with E-state index >= 15 is 0 Å². The van der Waals surface area contributed by atoms with Crippen LogP contribution in [-0.2, 0) is 6.42 Å². The lowest BCUT2D eigenvalue weighted by Crippen LogP contribution is -2.40. The van der Waals surface area contributed by atoms with Crippen LogP contribution in [0.1, 0.15) is 38.7 Å². The number of thiophene rings is 1. The highest BCUT2D eigenvalue weighted by Crippen LogP contribution is 2.45. The number of benzene rings is 1. The molecule has 0 saturated heterocycles. The Morgan fingerprint density at radius 1 is 1.35 bits per heavy atom. The van der Waals surface area contributed by atoms with Gasteiger partial charge in [-0.05, 0) is 60.0 Å². The Bertz CT molecular complexity index is 584. The van der Waals surface area contributed by atoms with E-state index in [2.05, 4.69) is 55.9 Å². The zero-order valence-corrected chi connectivity index (χ0v) is 13.6. The summed E-state index contributed by atoms with van der Waals surface area (Å²) < 4.78 is 1.42. The molecule has 2 atom stereocenters. The van der Waals surface area contributed by atoms with Gasteiger partial charge in [0.15, 0.2) is 0 Å². The molecule has 20 heavy (non-hydrogen) atoms. The first-order valence-corrected chi connectivity index (χ1v) is 8.62. The van der Waals surface area contributed by atoms with Gasteiger partial charge in [-0.15, -0.1) is 11.3 Å². The van der Waals surface area contributed by atoms with Gasteiger partial charge in [0.05, 0.1) is 0 Å². The van der Waals surface area contributed by atoms with E-state index in [1.807, 2.05) is 11.3 Å². The van der Waals surface area contributed by atoms with Crippen LogP contribution in [0.4, 0.5) is 0 Å². The lowest BCUT2D eigenvalue weighted by molar-refractivity contribution is 0.202. The first-order valence-electron chi connectivity index (χ1n) is 7.74. The smallest absolute Gasteiger partial charge is 0.0345 e. The number of fused-ring (bicyclic) bond motifs is 1. The van der Waals surface area contributed by atoms with E-state index < -0.39 is 0 Å². The van der Waals surface area contributed by atoms with Crippen LogP contribution in [0.2, 0.25) is 0 Å². The second-order valence-corrected chi connectivity index (χ2v) is 7.75. The highest BCUT2D eigenvalue weighted by molar-refractivity contribution is 7.17. The molecule has 1 aromatic heterocycles. The summed E-state index contributed by atoms with van der Waals surface area (Å²) in [4.78, 5) is 0. The van der Waals surface area contributed by atoms with Gasteiger partial charge in [0, 0.05) is 10.7 Å². The summed E-state index contributed by atoms with van der Waals surface area (Å²) in [5, 5.41) is 7.42. The Morgan fingerprint density at radius 2 is 2.15 bits per heavy atom. The van der Waals surface area contributed by atoms with E-state index in [1.54, 1.807) is 0 Å². The van der Waals surface area contributed by atoms with Crippen molar-refractivity contribution >= 4 is 21.4 Å². The Labute approximate surface area is 126 Å². The highest BCUT2D eigenvalue weighted by atomic mass is 32.1. The molecule has 0 spiro atoms. The first kappa shape index (κ1) is 14.1. The normalized spacial score (nSPS) is 23.2. The van der Waals surface area contributed by atoms with Crippen molar-refractivity contribution in [1.82, 2.24) is 5.32 Å². The molecule has 2 unspecified atom stereocenters. The van der Waals surface area contributed by atoms with Crippen molar-refractivity contribution in [2.75, 3.05) is 7.05 Å². The van der Waals surface area contributed by atoms with E-state index in [-0.39, 0.29) is 0 Å². The molecule has 0 radical (unpaired) electrons. The number of hydrogen-bond donors (Lipinski definition) is 1. The van der Waals surface area contributed by atoms with E-state index in [4.69, 9.17) is 0 Å². The van der Waals surface area contributed by atoms with E-state index in [1.165, 1.54) is 34.9 Å². The molecule has 2 aromatic rings. The van der Waals surface area contributed by atoms with Crippen molar-refractivity contribution in [2.24, 2.45) is 11.3 Å². The van der Waals surface area contributed by atoms with Crippen molar-refractivity contribution in [3.05, 3.63) is 35.2 Å². The molecule has 3 rings (SSSR count). The van der Waals surface area contributed by atoms with Gasteiger partial charge in [-0.3, -0.25) is 0 Å². The van der Waals surface area contributed by atoms with E-state index in [9.17, 15) is 0 Å². The summed E-state index contributed by atoms with van der Waals surface area (Å²) in [6, 6.07) is 9.40. The largest absolute Gasteiger partial charge is 0.316 e. The molecule has 1 heterocycles. The van der Waals surface area contributed by atoms with Crippen molar-refractivity contribution in [1.29, 1.82) is 0 Å². The van der Waals surface area contributed by atoms with Crippen molar-refractivity contribution in [3.63, 3.8) is 0 Å². The minimum atomic E-state index is 0.486. The summed E-state index contributed by atoms with van der Waals surface area (Å²) in [6.45, 7) is 4.89. The molecule has 1 N–H and O–H groups in total. The van der Waals surface area contributed by atoms with Crippen LogP contribution in [0.5, 0.6) is 0 Å². The van der Waals surface area contributed by atoms with Gasteiger partial charge in [-0.1, -0.05) is 38.5 Å². The zero-order valence-electron chi connectivity index (χ0n) is 12.8. The van der Waals surface area contributed by atoms with Crippen molar-refractivity contribution < 1.29 is 0 Å². The topological polar surface area (TPSA) is 12.0 Å². The SMILES string of the molecule is CNC(Cc1csc2ccccc12)C1CCCC1(C)C. The third-order valence-electron chi connectivity index (χ3n) is 5.20.